The van der Waals surface area contributed by atoms with E-state index in [4.69, 9.17) is 5.11 Å². The van der Waals surface area contributed by atoms with Crippen molar-refractivity contribution in [3.05, 3.63) is 17.2 Å². The van der Waals surface area contributed by atoms with Crippen LogP contribution in [0.2, 0.25) is 0 Å². The Morgan fingerprint density at radius 3 is 2.54 bits per heavy atom. The molecule has 28 heavy (non-hydrogen) atoms. The first-order valence-corrected chi connectivity index (χ1v) is 9.46. The minimum atomic E-state index is -4.63. The number of carboxylic acids is 1. The predicted octanol–water partition coefficient (Wildman–Crippen LogP) is 3.12. The third-order valence-electron chi connectivity index (χ3n) is 6.38. The zero-order valence-corrected chi connectivity index (χ0v) is 15.4. The molecule has 4 atom stereocenters. The van der Waals surface area contributed by atoms with E-state index in [1.807, 2.05) is 11.8 Å². The quantitative estimate of drug-likeness (QED) is 0.827. The molecule has 150 valence electrons. The Bertz CT molecular complexity index is 839. The topological polar surface area (TPSA) is 80.5 Å². The maximum atomic E-state index is 13.6. The molecule has 0 spiro atoms. The lowest BCUT2D eigenvalue weighted by Gasteiger charge is -2.41. The maximum absolute atomic E-state index is 13.6. The second kappa shape index (κ2) is 6.54. The number of carbonyl (C=O) groups is 1. The number of hydrogen-bond donors (Lipinski definition) is 1. The predicted molar refractivity (Wildman–Crippen MR) is 94.9 cm³/mol. The molecule has 0 amide bonds. The molecule has 0 radical (unpaired) electrons. The summed E-state index contributed by atoms with van der Waals surface area (Å²) in [6, 6.07) is 2.76. The van der Waals surface area contributed by atoms with Crippen molar-refractivity contribution in [3.8, 4) is 6.07 Å². The van der Waals surface area contributed by atoms with Gasteiger partial charge in [0.15, 0.2) is 0 Å². The average molecular weight is 394 g/mol. The Morgan fingerprint density at radius 1 is 1.39 bits per heavy atom. The summed E-state index contributed by atoms with van der Waals surface area (Å²) in [6.07, 6.45) is -3.03. The minimum Gasteiger partial charge on any atom is -0.481 e. The van der Waals surface area contributed by atoms with Gasteiger partial charge in [0.1, 0.15) is 23.3 Å². The molecule has 2 aliphatic heterocycles. The summed E-state index contributed by atoms with van der Waals surface area (Å²) < 4.78 is 40.9. The normalized spacial score (nSPS) is 28.5. The molecule has 1 aromatic heterocycles. The lowest BCUT2D eigenvalue weighted by Crippen LogP contribution is -2.47. The Hall–Kier alpha value is -2.50. The number of alkyl halides is 3. The molecular formula is C19H21F3N4O2. The largest absolute Gasteiger partial charge is 0.481 e. The van der Waals surface area contributed by atoms with E-state index in [9.17, 15) is 23.2 Å². The zero-order valence-electron chi connectivity index (χ0n) is 15.4. The smallest absolute Gasteiger partial charge is 0.417 e. The monoisotopic (exact) mass is 394 g/mol. The molecule has 3 fully saturated rings. The second-order valence-corrected chi connectivity index (χ2v) is 8.00. The number of anilines is 2. The van der Waals surface area contributed by atoms with Crippen LogP contribution in [0.5, 0.6) is 0 Å². The van der Waals surface area contributed by atoms with Crippen LogP contribution in [-0.2, 0) is 11.0 Å². The van der Waals surface area contributed by atoms with Gasteiger partial charge >= 0.3 is 12.1 Å². The van der Waals surface area contributed by atoms with Gasteiger partial charge in [-0.1, -0.05) is 0 Å². The number of hydrogen-bond acceptors (Lipinski definition) is 5. The Kier molecular flexibility index (Phi) is 4.40. The molecule has 0 bridgehead atoms. The molecule has 1 unspecified atom stereocenters. The van der Waals surface area contributed by atoms with Crippen molar-refractivity contribution in [1.82, 2.24) is 4.98 Å². The summed E-state index contributed by atoms with van der Waals surface area (Å²) in [5, 5.41) is 18.2. The Balaban J connectivity index is 1.60. The van der Waals surface area contributed by atoms with Crippen LogP contribution in [0.15, 0.2) is 6.07 Å². The van der Waals surface area contributed by atoms with Crippen molar-refractivity contribution in [2.75, 3.05) is 29.4 Å². The van der Waals surface area contributed by atoms with Gasteiger partial charge in [-0.25, -0.2) is 4.98 Å². The van der Waals surface area contributed by atoms with Gasteiger partial charge in [-0.15, -0.1) is 0 Å². The van der Waals surface area contributed by atoms with E-state index < -0.39 is 23.3 Å². The van der Waals surface area contributed by atoms with Crippen LogP contribution in [0.1, 0.15) is 37.3 Å². The SMILES string of the molecule is C[C@H]1CCN1c1nc(N2C[C@@H]3C(CCC(=O)O)[C@@H]3C2)cc(C(F)(F)F)c1C#N. The first kappa shape index (κ1) is 18.8. The van der Waals surface area contributed by atoms with Crippen molar-refractivity contribution in [2.45, 2.75) is 38.4 Å². The molecule has 1 N–H and O–H groups in total. The van der Waals surface area contributed by atoms with E-state index in [0.29, 0.717) is 43.8 Å². The van der Waals surface area contributed by atoms with E-state index >= 15 is 0 Å². The summed E-state index contributed by atoms with van der Waals surface area (Å²) in [6.45, 7) is 3.66. The molecule has 9 heteroatoms. The third kappa shape index (κ3) is 3.15. The number of halogens is 3. The van der Waals surface area contributed by atoms with Crippen molar-refractivity contribution in [1.29, 1.82) is 5.26 Å². The Morgan fingerprint density at radius 2 is 2.07 bits per heavy atom. The molecule has 6 nitrogen and oxygen atoms in total. The van der Waals surface area contributed by atoms with Gasteiger partial charge < -0.3 is 14.9 Å². The summed E-state index contributed by atoms with van der Waals surface area (Å²) >= 11 is 0. The number of pyridine rings is 1. The summed E-state index contributed by atoms with van der Waals surface area (Å²) in [4.78, 5) is 18.8. The first-order chi connectivity index (χ1) is 13.2. The molecular weight excluding hydrogens is 373 g/mol. The van der Waals surface area contributed by atoms with Crippen LogP contribution in [0.3, 0.4) is 0 Å². The number of rotatable bonds is 5. The van der Waals surface area contributed by atoms with E-state index in [2.05, 4.69) is 4.98 Å². The van der Waals surface area contributed by atoms with Crippen molar-refractivity contribution in [3.63, 3.8) is 0 Å². The molecule has 1 saturated carbocycles. The zero-order chi connectivity index (χ0) is 20.2. The van der Waals surface area contributed by atoms with Crippen LogP contribution in [0.4, 0.5) is 24.8 Å². The van der Waals surface area contributed by atoms with E-state index in [1.165, 1.54) is 0 Å². The van der Waals surface area contributed by atoms with Gasteiger partial charge in [0.2, 0.25) is 0 Å². The summed E-state index contributed by atoms with van der Waals surface area (Å²) in [7, 11) is 0. The fourth-order valence-electron chi connectivity index (χ4n) is 4.61. The van der Waals surface area contributed by atoms with Crippen LogP contribution in [0, 0.1) is 29.1 Å². The summed E-state index contributed by atoms with van der Waals surface area (Å²) in [5.41, 5.74) is -1.34. The molecule has 0 aromatic carbocycles. The van der Waals surface area contributed by atoms with E-state index in [-0.39, 0.29) is 24.1 Å². The van der Waals surface area contributed by atoms with Gasteiger partial charge in [0, 0.05) is 32.1 Å². The van der Waals surface area contributed by atoms with Gasteiger partial charge in [0.25, 0.3) is 0 Å². The third-order valence-corrected chi connectivity index (χ3v) is 6.38. The highest BCUT2D eigenvalue weighted by Gasteiger charge is 2.55. The fraction of sp³-hybridized carbons (Fsp3) is 0.632. The van der Waals surface area contributed by atoms with Crippen LogP contribution >= 0.6 is 0 Å². The number of aliphatic carboxylic acids is 1. The molecule has 1 aromatic rings. The molecule has 3 aliphatic rings. The van der Waals surface area contributed by atoms with Crippen molar-refractivity contribution in [2.24, 2.45) is 17.8 Å². The molecule has 1 aliphatic carbocycles. The number of nitriles is 1. The van der Waals surface area contributed by atoms with Crippen LogP contribution in [0.25, 0.3) is 0 Å². The standard InChI is InChI=1S/C19H21F3N4O2/c1-10-4-5-26(10)18-12(7-23)15(19(20,21)22)6-16(24-18)25-8-13-11(14(13)9-25)2-3-17(27)28/h6,10-11,13-14H,2-5,8-9H2,1H3,(H,27,28)/t10-,11?,13-,14+/m0/s1. The fourth-order valence-corrected chi connectivity index (χ4v) is 4.61. The van der Waals surface area contributed by atoms with Crippen LogP contribution < -0.4 is 9.80 Å². The molecule has 3 heterocycles. The van der Waals surface area contributed by atoms with Gasteiger partial charge in [0.05, 0.1) is 5.56 Å². The van der Waals surface area contributed by atoms with Crippen molar-refractivity contribution >= 4 is 17.6 Å². The van der Waals surface area contributed by atoms with Gasteiger partial charge in [-0.05, 0) is 43.6 Å². The highest BCUT2D eigenvalue weighted by Crippen LogP contribution is 2.55. The highest BCUT2D eigenvalue weighted by atomic mass is 19.4. The lowest BCUT2D eigenvalue weighted by molar-refractivity contribution is -0.138. The van der Waals surface area contributed by atoms with E-state index in [0.717, 1.165) is 12.5 Å². The van der Waals surface area contributed by atoms with E-state index in [1.54, 1.807) is 11.0 Å². The number of piperidine rings is 1. The second-order valence-electron chi connectivity index (χ2n) is 8.00. The first-order valence-electron chi connectivity index (χ1n) is 9.46. The average Bonchev–Trinajstić information content (AvgIpc) is 3.06. The number of aromatic nitrogens is 1. The molecule has 4 rings (SSSR count). The van der Waals surface area contributed by atoms with Gasteiger partial charge in [-0.2, -0.15) is 18.4 Å². The Labute approximate surface area is 160 Å². The summed E-state index contributed by atoms with van der Waals surface area (Å²) in [5.74, 6) is 0.523. The maximum Gasteiger partial charge on any atom is 0.417 e. The number of nitrogens with zero attached hydrogens (tertiary/aromatic N) is 4. The minimum absolute atomic E-state index is 0.0586. The lowest BCUT2D eigenvalue weighted by atomic mass is 10.0. The van der Waals surface area contributed by atoms with Crippen molar-refractivity contribution < 1.29 is 23.1 Å². The van der Waals surface area contributed by atoms with Crippen LogP contribution in [-0.4, -0.2) is 41.7 Å². The van der Waals surface area contributed by atoms with Gasteiger partial charge in [-0.3, -0.25) is 4.79 Å². The highest BCUT2D eigenvalue weighted by molar-refractivity contribution is 5.67. The molecule has 2 saturated heterocycles. The number of carboxylic acid groups (broad SMARTS) is 1. The number of fused-ring (bicyclic) bond motifs is 1.